The summed E-state index contributed by atoms with van der Waals surface area (Å²) < 4.78 is 24.2. The fourth-order valence-corrected chi connectivity index (χ4v) is 5.58. The van der Waals surface area contributed by atoms with Crippen molar-refractivity contribution in [3.63, 3.8) is 0 Å². The van der Waals surface area contributed by atoms with Crippen LogP contribution in [0.2, 0.25) is 0 Å². The third-order valence-electron chi connectivity index (χ3n) is 8.43. The largest absolute Gasteiger partial charge is 0.495 e. The molecule has 2 fully saturated rings. The molecule has 1 N–H and O–H groups in total. The zero-order valence-electron chi connectivity index (χ0n) is 26.1. The standard InChI is InChI=1S/C31H45BN4O5/c1-29(2,3)39-28(37)36-16-22-23(17-36)25(12-11-24(22)32-40-30(4,5)31(6,7)41-32)33-27-13-10-21(20-14-15-38-19-20)26(34-27)18-35(8)9/h10-13,20H,14-19H2,1-9H3,(H,33,34). The van der Waals surface area contributed by atoms with Crippen LogP contribution in [0.3, 0.4) is 0 Å². The molecular weight excluding hydrogens is 519 g/mol. The molecule has 9 nitrogen and oxygen atoms in total. The molecule has 3 aliphatic heterocycles. The van der Waals surface area contributed by atoms with Crippen molar-refractivity contribution in [1.82, 2.24) is 14.8 Å². The Labute approximate surface area is 245 Å². The number of carbonyl (C=O) groups excluding carboxylic acids is 1. The molecule has 2 aromatic rings. The van der Waals surface area contributed by atoms with Gasteiger partial charge in [0.05, 0.1) is 30.0 Å². The highest BCUT2D eigenvalue weighted by Gasteiger charge is 2.53. The van der Waals surface area contributed by atoms with Gasteiger partial charge in [0.1, 0.15) is 11.4 Å². The number of nitrogens with one attached hydrogen (secondary N) is 1. The maximum absolute atomic E-state index is 13.1. The number of nitrogens with zero attached hydrogens (tertiary/aromatic N) is 3. The maximum Gasteiger partial charge on any atom is 0.495 e. The number of aromatic nitrogens is 1. The molecule has 4 heterocycles. The van der Waals surface area contributed by atoms with Crippen LogP contribution in [0.1, 0.15) is 83.2 Å². The van der Waals surface area contributed by atoms with Crippen molar-refractivity contribution in [3.8, 4) is 0 Å². The van der Waals surface area contributed by atoms with Crippen molar-refractivity contribution in [3.05, 3.63) is 46.6 Å². The third-order valence-corrected chi connectivity index (χ3v) is 8.43. The fourth-order valence-electron chi connectivity index (χ4n) is 5.58. The summed E-state index contributed by atoms with van der Waals surface area (Å²) in [5.74, 6) is 1.14. The van der Waals surface area contributed by atoms with Gasteiger partial charge in [-0.3, -0.25) is 4.90 Å². The van der Waals surface area contributed by atoms with E-state index in [1.54, 1.807) is 4.90 Å². The van der Waals surface area contributed by atoms with Crippen LogP contribution in [0, 0.1) is 0 Å². The van der Waals surface area contributed by atoms with Gasteiger partial charge in [0.15, 0.2) is 0 Å². The van der Waals surface area contributed by atoms with E-state index in [4.69, 9.17) is 23.8 Å². The van der Waals surface area contributed by atoms with Crippen molar-refractivity contribution in [2.24, 2.45) is 0 Å². The van der Waals surface area contributed by atoms with E-state index in [0.717, 1.165) is 60.0 Å². The number of amides is 1. The Balaban J connectivity index is 1.48. The number of ether oxygens (including phenoxy) is 2. The molecule has 2 saturated heterocycles. The summed E-state index contributed by atoms with van der Waals surface area (Å²) in [5, 5.41) is 3.57. The van der Waals surface area contributed by atoms with Gasteiger partial charge in [-0.25, -0.2) is 9.78 Å². The summed E-state index contributed by atoms with van der Waals surface area (Å²) in [6.45, 7) is 17.0. The Morgan fingerprint density at radius 1 is 1.10 bits per heavy atom. The average Bonchev–Trinajstić information content (AvgIpc) is 3.57. The lowest BCUT2D eigenvalue weighted by molar-refractivity contribution is 0.00578. The van der Waals surface area contributed by atoms with E-state index in [0.29, 0.717) is 19.0 Å². The summed E-state index contributed by atoms with van der Waals surface area (Å²) in [4.78, 5) is 22.1. The predicted octanol–water partition coefficient (Wildman–Crippen LogP) is 4.94. The molecule has 1 unspecified atom stereocenters. The lowest BCUT2D eigenvalue weighted by atomic mass is 9.75. The Bertz CT molecular complexity index is 1280. The Morgan fingerprint density at radius 3 is 2.39 bits per heavy atom. The second-order valence-electron chi connectivity index (χ2n) is 13.7. The summed E-state index contributed by atoms with van der Waals surface area (Å²) in [5.41, 5.74) is 4.67. The van der Waals surface area contributed by atoms with Gasteiger partial charge >= 0.3 is 13.2 Å². The summed E-state index contributed by atoms with van der Waals surface area (Å²) in [7, 11) is 3.59. The van der Waals surface area contributed by atoms with Crippen molar-refractivity contribution in [1.29, 1.82) is 0 Å². The molecular formula is C31H45BN4O5. The Morgan fingerprint density at radius 2 is 1.78 bits per heavy atom. The second-order valence-corrected chi connectivity index (χ2v) is 13.7. The van der Waals surface area contributed by atoms with Crippen molar-refractivity contribution < 1.29 is 23.6 Å². The van der Waals surface area contributed by atoms with Crippen LogP contribution in [-0.2, 0) is 38.4 Å². The minimum atomic E-state index is -0.583. The first kappa shape index (κ1) is 29.8. The van der Waals surface area contributed by atoms with Crippen LogP contribution < -0.4 is 10.8 Å². The smallest absolute Gasteiger partial charge is 0.444 e. The maximum atomic E-state index is 13.1. The van der Waals surface area contributed by atoms with Gasteiger partial charge in [-0.2, -0.15) is 0 Å². The molecule has 1 aromatic heterocycles. The highest BCUT2D eigenvalue weighted by atomic mass is 16.7. The number of hydrogen-bond acceptors (Lipinski definition) is 8. The summed E-state index contributed by atoms with van der Waals surface area (Å²) in [6.07, 6.45) is 0.678. The van der Waals surface area contributed by atoms with Crippen molar-refractivity contribution in [2.45, 2.75) is 97.2 Å². The molecule has 0 bridgehead atoms. The number of pyridine rings is 1. The molecule has 0 aliphatic carbocycles. The zero-order chi connectivity index (χ0) is 29.7. The van der Waals surface area contributed by atoms with Crippen LogP contribution in [0.25, 0.3) is 0 Å². The van der Waals surface area contributed by atoms with E-state index in [9.17, 15) is 4.79 Å². The lowest BCUT2D eigenvalue weighted by Crippen LogP contribution is -2.41. The van der Waals surface area contributed by atoms with E-state index in [1.165, 1.54) is 5.56 Å². The van der Waals surface area contributed by atoms with Gasteiger partial charge in [-0.1, -0.05) is 12.1 Å². The molecule has 1 atom stereocenters. The van der Waals surface area contributed by atoms with Crippen LogP contribution >= 0.6 is 0 Å². The quantitative estimate of drug-likeness (QED) is 0.494. The number of benzene rings is 1. The normalized spacial score (nSPS) is 21.5. The van der Waals surface area contributed by atoms with E-state index < -0.39 is 23.9 Å². The first-order chi connectivity index (χ1) is 19.1. The SMILES string of the molecule is CN(C)Cc1nc(Nc2ccc(B3OC(C)(C)C(C)(C)O3)c3c2CN(C(=O)OC(C)(C)C)C3)ccc1C1CCOC1. The molecule has 3 aliphatic rings. The molecule has 222 valence electrons. The molecule has 10 heteroatoms. The monoisotopic (exact) mass is 564 g/mol. The number of carbonyl (C=O) groups is 1. The highest BCUT2D eigenvalue weighted by molar-refractivity contribution is 6.62. The topological polar surface area (TPSA) is 85.4 Å². The third kappa shape index (κ3) is 6.26. The van der Waals surface area contributed by atoms with Gasteiger partial charge in [0.2, 0.25) is 0 Å². The highest BCUT2D eigenvalue weighted by Crippen LogP contribution is 2.39. The van der Waals surface area contributed by atoms with Gasteiger partial charge in [-0.05, 0) is 103 Å². The van der Waals surface area contributed by atoms with Crippen molar-refractivity contribution in [2.75, 3.05) is 32.6 Å². The van der Waals surface area contributed by atoms with Gasteiger partial charge in [0, 0.05) is 31.3 Å². The van der Waals surface area contributed by atoms with E-state index >= 15 is 0 Å². The van der Waals surface area contributed by atoms with E-state index in [1.807, 2.05) is 39.0 Å². The van der Waals surface area contributed by atoms with Gasteiger partial charge < -0.3 is 29.0 Å². The first-order valence-electron chi connectivity index (χ1n) is 14.6. The number of rotatable bonds is 6. The zero-order valence-corrected chi connectivity index (χ0v) is 26.1. The summed E-state index contributed by atoms with van der Waals surface area (Å²) in [6, 6.07) is 8.32. The number of anilines is 2. The number of hydrogen-bond donors (Lipinski definition) is 1. The second kappa shape index (κ2) is 10.9. The summed E-state index contributed by atoms with van der Waals surface area (Å²) >= 11 is 0. The predicted molar refractivity (Wildman–Crippen MR) is 161 cm³/mol. The molecule has 1 aromatic carbocycles. The molecule has 5 rings (SSSR count). The van der Waals surface area contributed by atoms with Crippen LogP contribution in [0.15, 0.2) is 24.3 Å². The lowest BCUT2D eigenvalue weighted by Gasteiger charge is -2.32. The molecule has 41 heavy (non-hydrogen) atoms. The Kier molecular flexibility index (Phi) is 7.91. The van der Waals surface area contributed by atoms with E-state index in [2.05, 4.69) is 58.1 Å². The van der Waals surface area contributed by atoms with Gasteiger partial charge in [-0.15, -0.1) is 0 Å². The van der Waals surface area contributed by atoms with Crippen LogP contribution in [-0.4, -0.2) is 72.1 Å². The fraction of sp³-hybridized carbons (Fsp3) is 0.613. The Hall–Kier alpha value is -2.66. The van der Waals surface area contributed by atoms with Crippen molar-refractivity contribution >= 4 is 30.2 Å². The average molecular weight is 565 g/mol. The van der Waals surface area contributed by atoms with Gasteiger partial charge in [0.25, 0.3) is 0 Å². The van der Waals surface area contributed by atoms with Crippen LogP contribution in [0.5, 0.6) is 0 Å². The first-order valence-corrected chi connectivity index (χ1v) is 14.6. The number of fused-ring (bicyclic) bond motifs is 1. The van der Waals surface area contributed by atoms with E-state index in [-0.39, 0.29) is 6.09 Å². The molecule has 0 radical (unpaired) electrons. The minimum Gasteiger partial charge on any atom is -0.444 e. The van der Waals surface area contributed by atoms with Crippen LogP contribution in [0.4, 0.5) is 16.3 Å². The molecule has 0 saturated carbocycles. The molecule has 1 amide bonds. The molecule has 0 spiro atoms. The minimum absolute atomic E-state index is 0.339.